The molecule has 2 rings (SSSR count). The van der Waals surface area contributed by atoms with E-state index in [9.17, 15) is 15.0 Å². The molecule has 4 atom stereocenters. The van der Waals surface area contributed by atoms with Crippen LogP contribution in [0.25, 0.3) is 0 Å². The highest BCUT2D eigenvalue weighted by atomic mass is 16.6. The van der Waals surface area contributed by atoms with Gasteiger partial charge in [-0.05, 0) is 0 Å². The van der Waals surface area contributed by atoms with Gasteiger partial charge in [-0.25, -0.2) is 0 Å². The molecule has 0 amide bonds. The smallest absolute Gasteiger partial charge is 0.294 e. The van der Waals surface area contributed by atoms with Gasteiger partial charge in [0.25, 0.3) is 5.56 Å². The topological polar surface area (TPSA) is 111 Å². The molecule has 0 aliphatic carbocycles. The number of hydrogen-bond acceptors (Lipinski definition) is 8. The van der Waals surface area contributed by atoms with Gasteiger partial charge in [0.15, 0.2) is 6.23 Å². The SMILES string of the molecule is CN(C)c1cnn(C2O[C@H](CO)[C@@H](O)[C@H]2O)c(=O)c1N(C)C. The summed E-state index contributed by atoms with van der Waals surface area (Å²) in [5.41, 5.74) is 0.557. The van der Waals surface area contributed by atoms with Crippen molar-refractivity contribution in [2.24, 2.45) is 0 Å². The fraction of sp³-hybridized carbons (Fsp3) is 0.692. The van der Waals surface area contributed by atoms with E-state index >= 15 is 0 Å². The number of anilines is 2. The second kappa shape index (κ2) is 6.21. The van der Waals surface area contributed by atoms with Crippen molar-refractivity contribution in [3.63, 3.8) is 0 Å². The van der Waals surface area contributed by atoms with E-state index in [0.717, 1.165) is 4.68 Å². The zero-order valence-electron chi connectivity index (χ0n) is 13.0. The highest BCUT2D eigenvalue weighted by Crippen LogP contribution is 2.29. The average molecular weight is 314 g/mol. The Kier molecular flexibility index (Phi) is 4.71. The van der Waals surface area contributed by atoms with Crippen molar-refractivity contribution >= 4 is 11.4 Å². The number of rotatable bonds is 4. The predicted molar refractivity (Wildman–Crippen MR) is 80.2 cm³/mol. The van der Waals surface area contributed by atoms with Crippen molar-refractivity contribution in [2.75, 3.05) is 44.6 Å². The second-order valence-electron chi connectivity index (χ2n) is 5.65. The average Bonchev–Trinajstić information content (AvgIpc) is 2.74. The summed E-state index contributed by atoms with van der Waals surface area (Å²) in [4.78, 5) is 16.1. The summed E-state index contributed by atoms with van der Waals surface area (Å²) in [7, 11) is 7.04. The molecule has 1 unspecified atom stereocenters. The molecule has 9 nitrogen and oxygen atoms in total. The third-order valence-electron chi connectivity index (χ3n) is 3.64. The lowest BCUT2D eigenvalue weighted by molar-refractivity contribution is -0.0608. The number of aliphatic hydroxyl groups is 3. The molecule has 0 radical (unpaired) electrons. The Balaban J connectivity index is 2.50. The molecule has 0 aromatic carbocycles. The Labute approximate surface area is 128 Å². The van der Waals surface area contributed by atoms with E-state index in [-0.39, 0.29) is 0 Å². The zero-order valence-corrected chi connectivity index (χ0v) is 13.0. The Morgan fingerprint density at radius 2 is 1.86 bits per heavy atom. The minimum Gasteiger partial charge on any atom is -0.394 e. The molecule has 0 bridgehead atoms. The van der Waals surface area contributed by atoms with Crippen LogP contribution in [0, 0.1) is 0 Å². The van der Waals surface area contributed by atoms with Gasteiger partial charge in [-0.2, -0.15) is 9.78 Å². The second-order valence-corrected chi connectivity index (χ2v) is 5.65. The summed E-state index contributed by atoms with van der Waals surface area (Å²) >= 11 is 0. The normalized spacial score (nSPS) is 28.0. The summed E-state index contributed by atoms with van der Waals surface area (Å²) in [5.74, 6) is 0. The van der Waals surface area contributed by atoms with Gasteiger partial charge < -0.3 is 29.9 Å². The summed E-state index contributed by atoms with van der Waals surface area (Å²) in [6, 6.07) is 0. The number of hydrogen-bond donors (Lipinski definition) is 3. The summed E-state index contributed by atoms with van der Waals surface area (Å²) < 4.78 is 6.35. The molecule has 0 spiro atoms. The van der Waals surface area contributed by atoms with Crippen LogP contribution in [-0.2, 0) is 4.74 Å². The monoisotopic (exact) mass is 314 g/mol. The third-order valence-corrected chi connectivity index (χ3v) is 3.64. The fourth-order valence-corrected chi connectivity index (χ4v) is 2.46. The molecule has 9 heteroatoms. The van der Waals surface area contributed by atoms with Gasteiger partial charge in [0.2, 0.25) is 0 Å². The molecule has 124 valence electrons. The molecule has 1 aromatic rings. The number of ether oxygens (including phenoxy) is 1. The van der Waals surface area contributed by atoms with Gasteiger partial charge in [0.05, 0.1) is 18.5 Å². The van der Waals surface area contributed by atoms with E-state index in [0.29, 0.717) is 11.4 Å². The maximum atomic E-state index is 12.7. The fourth-order valence-electron chi connectivity index (χ4n) is 2.46. The van der Waals surface area contributed by atoms with E-state index in [2.05, 4.69) is 5.10 Å². The van der Waals surface area contributed by atoms with Crippen molar-refractivity contribution < 1.29 is 20.1 Å². The van der Waals surface area contributed by atoms with Crippen LogP contribution >= 0.6 is 0 Å². The lowest BCUT2D eigenvalue weighted by atomic mass is 10.1. The summed E-state index contributed by atoms with van der Waals surface area (Å²) in [6.07, 6.45) is -3.23. The van der Waals surface area contributed by atoms with Crippen LogP contribution in [-0.4, -0.2) is 78.2 Å². The van der Waals surface area contributed by atoms with Gasteiger partial charge in [-0.3, -0.25) is 4.79 Å². The zero-order chi connectivity index (χ0) is 16.6. The molecule has 1 aliphatic heterocycles. The molecule has 0 saturated carbocycles. The Bertz CT molecular complexity index is 588. The van der Waals surface area contributed by atoms with Crippen molar-refractivity contribution in [1.82, 2.24) is 9.78 Å². The van der Waals surface area contributed by atoms with Gasteiger partial charge in [0, 0.05) is 28.2 Å². The van der Waals surface area contributed by atoms with E-state index in [1.807, 2.05) is 0 Å². The third kappa shape index (κ3) is 2.68. The predicted octanol–water partition coefficient (Wildman–Crippen LogP) is -2.01. The highest BCUT2D eigenvalue weighted by Gasteiger charge is 2.44. The molecule has 1 aliphatic rings. The van der Waals surface area contributed by atoms with E-state index in [1.54, 1.807) is 38.0 Å². The minimum absolute atomic E-state index is 0.387. The van der Waals surface area contributed by atoms with Crippen LogP contribution < -0.4 is 15.4 Å². The quantitative estimate of drug-likeness (QED) is 0.584. The van der Waals surface area contributed by atoms with Crippen LogP contribution in [0.5, 0.6) is 0 Å². The summed E-state index contributed by atoms with van der Waals surface area (Å²) in [6.45, 7) is -0.459. The maximum Gasteiger partial charge on any atom is 0.294 e. The van der Waals surface area contributed by atoms with Crippen molar-refractivity contribution in [3.8, 4) is 0 Å². The largest absolute Gasteiger partial charge is 0.394 e. The number of aliphatic hydroxyl groups excluding tert-OH is 3. The van der Waals surface area contributed by atoms with Gasteiger partial charge in [-0.1, -0.05) is 0 Å². The van der Waals surface area contributed by atoms with Gasteiger partial charge in [0.1, 0.15) is 24.0 Å². The minimum atomic E-state index is -1.34. The van der Waals surface area contributed by atoms with Crippen LogP contribution in [0.2, 0.25) is 0 Å². The number of nitrogens with zero attached hydrogens (tertiary/aromatic N) is 4. The maximum absolute atomic E-state index is 12.7. The van der Waals surface area contributed by atoms with E-state index in [4.69, 9.17) is 9.84 Å². The molecule has 2 heterocycles. The molecule has 3 N–H and O–H groups in total. The van der Waals surface area contributed by atoms with Gasteiger partial charge in [-0.15, -0.1) is 0 Å². The Morgan fingerprint density at radius 1 is 1.23 bits per heavy atom. The van der Waals surface area contributed by atoms with Crippen molar-refractivity contribution in [3.05, 3.63) is 16.6 Å². The molecular formula is C13H22N4O5. The van der Waals surface area contributed by atoms with E-state index < -0.39 is 36.7 Å². The first kappa shape index (κ1) is 16.7. The summed E-state index contributed by atoms with van der Waals surface area (Å²) in [5, 5.41) is 33.0. The lowest BCUT2D eigenvalue weighted by Gasteiger charge is -2.24. The van der Waals surface area contributed by atoms with Gasteiger partial charge >= 0.3 is 0 Å². The van der Waals surface area contributed by atoms with Crippen LogP contribution in [0.4, 0.5) is 11.4 Å². The molecule has 1 aromatic heterocycles. The van der Waals surface area contributed by atoms with Crippen molar-refractivity contribution in [1.29, 1.82) is 0 Å². The first-order chi connectivity index (χ1) is 10.3. The molecular weight excluding hydrogens is 292 g/mol. The highest BCUT2D eigenvalue weighted by molar-refractivity contribution is 5.67. The van der Waals surface area contributed by atoms with E-state index in [1.165, 1.54) is 6.20 Å². The van der Waals surface area contributed by atoms with Crippen LogP contribution in [0.15, 0.2) is 11.0 Å². The van der Waals surface area contributed by atoms with Crippen molar-refractivity contribution in [2.45, 2.75) is 24.5 Å². The van der Waals surface area contributed by atoms with Crippen LogP contribution in [0.3, 0.4) is 0 Å². The molecule has 1 saturated heterocycles. The standard InChI is InChI=1S/C13H22N4O5/c1-15(2)7-5-14-17(12(21)9(7)16(3)4)13-11(20)10(19)8(6-18)22-13/h5,8,10-11,13,18-20H,6H2,1-4H3/t8-,10-,11-,13?/m1/s1. The first-order valence-electron chi connectivity index (χ1n) is 6.88. The lowest BCUT2D eigenvalue weighted by Crippen LogP contribution is -2.38. The Hall–Kier alpha value is -1.68. The molecule has 22 heavy (non-hydrogen) atoms. The molecule has 1 fully saturated rings. The van der Waals surface area contributed by atoms with Crippen LogP contribution in [0.1, 0.15) is 6.23 Å². The number of aromatic nitrogens is 2. The first-order valence-corrected chi connectivity index (χ1v) is 6.88. The Morgan fingerprint density at radius 3 is 2.32 bits per heavy atom.